The molecule has 0 saturated carbocycles. The Kier molecular flexibility index (Phi) is 6.19. The van der Waals surface area contributed by atoms with Crippen molar-refractivity contribution in [2.24, 2.45) is 5.92 Å². The number of benzene rings is 2. The molecule has 0 radical (unpaired) electrons. The standard InChI is InChI=1S/C20H26O3S/c1-5-20(18-8-6-7-16(3)13-18)17(4)14-23-24(21,22)19-11-9-15(2)10-12-19/h6-13,17,20H,5,14H2,1-4H3/t17-,20+/m0/s1. The third-order valence-electron chi connectivity index (χ3n) is 4.39. The Balaban J connectivity index is 2.08. The van der Waals surface area contributed by atoms with Crippen LogP contribution >= 0.6 is 0 Å². The average Bonchev–Trinajstić information content (AvgIpc) is 2.54. The number of rotatable bonds is 7. The molecule has 0 N–H and O–H groups in total. The Morgan fingerprint density at radius 3 is 2.25 bits per heavy atom. The molecule has 2 atom stereocenters. The van der Waals surface area contributed by atoms with Crippen molar-refractivity contribution in [1.82, 2.24) is 0 Å². The highest BCUT2D eigenvalue weighted by Crippen LogP contribution is 2.29. The Labute approximate surface area is 145 Å². The van der Waals surface area contributed by atoms with Crippen molar-refractivity contribution < 1.29 is 12.6 Å². The van der Waals surface area contributed by atoms with Crippen LogP contribution in [0.2, 0.25) is 0 Å². The van der Waals surface area contributed by atoms with Gasteiger partial charge in [0.05, 0.1) is 11.5 Å². The monoisotopic (exact) mass is 346 g/mol. The molecule has 0 amide bonds. The number of hydrogen-bond donors (Lipinski definition) is 0. The third kappa shape index (κ3) is 4.68. The summed E-state index contributed by atoms with van der Waals surface area (Å²) >= 11 is 0. The molecule has 2 aromatic rings. The molecule has 0 heterocycles. The smallest absolute Gasteiger partial charge is 0.266 e. The molecular weight excluding hydrogens is 320 g/mol. The summed E-state index contributed by atoms with van der Waals surface area (Å²) in [5.74, 6) is 0.384. The topological polar surface area (TPSA) is 43.4 Å². The Hall–Kier alpha value is -1.65. The van der Waals surface area contributed by atoms with Gasteiger partial charge in [0, 0.05) is 0 Å². The van der Waals surface area contributed by atoms with E-state index in [2.05, 4.69) is 32.0 Å². The van der Waals surface area contributed by atoms with Gasteiger partial charge < -0.3 is 0 Å². The van der Waals surface area contributed by atoms with Gasteiger partial charge in [0.25, 0.3) is 10.1 Å². The van der Waals surface area contributed by atoms with Crippen LogP contribution in [0, 0.1) is 19.8 Å². The van der Waals surface area contributed by atoms with Crippen LogP contribution in [0.1, 0.15) is 42.9 Å². The quantitative estimate of drug-likeness (QED) is 0.674. The van der Waals surface area contributed by atoms with Crippen molar-refractivity contribution in [3.8, 4) is 0 Å². The lowest BCUT2D eigenvalue weighted by Gasteiger charge is -2.23. The van der Waals surface area contributed by atoms with Crippen LogP contribution in [0.4, 0.5) is 0 Å². The minimum Gasteiger partial charge on any atom is -0.266 e. The summed E-state index contributed by atoms with van der Waals surface area (Å²) in [4.78, 5) is 0.212. The van der Waals surface area contributed by atoms with Gasteiger partial charge in [-0.2, -0.15) is 8.42 Å². The van der Waals surface area contributed by atoms with Crippen LogP contribution in [-0.2, 0) is 14.3 Å². The third-order valence-corrected chi connectivity index (χ3v) is 5.69. The first-order chi connectivity index (χ1) is 11.3. The zero-order valence-corrected chi connectivity index (χ0v) is 15.6. The molecule has 0 aliphatic rings. The van der Waals surface area contributed by atoms with E-state index in [1.165, 1.54) is 11.1 Å². The fourth-order valence-electron chi connectivity index (χ4n) is 2.95. The van der Waals surface area contributed by atoms with Gasteiger partial charge in [-0.3, -0.25) is 4.18 Å². The zero-order valence-electron chi connectivity index (χ0n) is 14.8. The second-order valence-electron chi connectivity index (χ2n) is 6.46. The molecular formula is C20H26O3S. The van der Waals surface area contributed by atoms with Crippen LogP contribution in [0.15, 0.2) is 53.4 Å². The summed E-state index contributed by atoms with van der Waals surface area (Å²) < 4.78 is 30.0. The Morgan fingerprint density at radius 2 is 1.67 bits per heavy atom. The molecule has 0 saturated heterocycles. The van der Waals surface area contributed by atoms with E-state index in [0.717, 1.165) is 12.0 Å². The van der Waals surface area contributed by atoms with E-state index in [9.17, 15) is 8.42 Å². The van der Waals surface area contributed by atoms with Crippen molar-refractivity contribution in [2.45, 2.75) is 44.9 Å². The van der Waals surface area contributed by atoms with Crippen molar-refractivity contribution >= 4 is 10.1 Å². The molecule has 0 fully saturated rings. The lowest BCUT2D eigenvalue weighted by atomic mass is 9.85. The maximum atomic E-state index is 12.3. The Morgan fingerprint density at radius 1 is 1.00 bits per heavy atom. The van der Waals surface area contributed by atoms with Crippen LogP contribution < -0.4 is 0 Å². The van der Waals surface area contributed by atoms with Crippen LogP contribution in [0.5, 0.6) is 0 Å². The van der Waals surface area contributed by atoms with Crippen LogP contribution in [0.25, 0.3) is 0 Å². The number of hydrogen-bond acceptors (Lipinski definition) is 3. The minimum absolute atomic E-state index is 0.108. The molecule has 0 aliphatic carbocycles. The van der Waals surface area contributed by atoms with Gasteiger partial charge in [0.2, 0.25) is 0 Å². The van der Waals surface area contributed by atoms with Crippen molar-refractivity contribution in [3.05, 3.63) is 65.2 Å². The first-order valence-corrected chi connectivity index (χ1v) is 9.77. The van der Waals surface area contributed by atoms with Gasteiger partial charge in [-0.25, -0.2) is 0 Å². The summed E-state index contributed by atoms with van der Waals surface area (Å²) in [7, 11) is -3.70. The SMILES string of the molecule is CC[C@@H](c1cccc(C)c1)[C@@H](C)COS(=O)(=O)c1ccc(C)cc1. The van der Waals surface area contributed by atoms with E-state index in [4.69, 9.17) is 4.18 Å². The molecule has 0 bridgehead atoms. The Bertz CT molecular complexity index is 764. The molecule has 0 spiro atoms. The van der Waals surface area contributed by atoms with Gasteiger partial charge in [-0.05, 0) is 49.8 Å². The van der Waals surface area contributed by atoms with Crippen molar-refractivity contribution in [3.63, 3.8) is 0 Å². The average molecular weight is 346 g/mol. The fourth-order valence-corrected chi connectivity index (χ4v) is 3.95. The van der Waals surface area contributed by atoms with Gasteiger partial charge in [0.15, 0.2) is 0 Å². The molecule has 24 heavy (non-hydrogen) atoms. The van der Waals surface area contributed by atoms with Gasteiger partial charge in [0.1, 0.15) is 0 Å². The largest absolute Gasteiger partial charge is 0.296 e. The molecule has 2 aromatic carbocycles. The van der Waals surface area contributed by atoms with Gasteiger partial charge in [-0.15, -0.1) is 0 Å². The molecule has 0 aromatic heterocycles. The fraction of sp³-hybridized carbons (Fsp3) is 0.400. The van der Waals surface area contributed by atoms with E-state index in [1.807, 2.05) is 19.9 Å². The van der Waals surface area contributed by atoms with Crippen molar-refractivity contribution in [1.29, 1.82) is 0 Å². The normalized spacial score (nSPS) is 14.3. The zero-order chi connectivity index (χ0) is 17.7. The second-order valence-corrected chi connectivity index (χ2v) is 8.07. The second kappa shape index (κ2) is 7.95. The first kappa shape index (κ1) is 18.7. The molecule has 2 rings (SSSR count). The van der Waals surface area contributed by atoms with E-state index in [-0.39, 0.29) is 23.3 Å². The minimum atomic E-state index is -3.70. The highest BCUT2D eigenvalue weighted by Gasteiger charge is 2.22. The van der Waals surface area contributed by atoms with E-state index in [1.54, 1.807) is 24.3 Å². The lowest BCUT2D eigenvalue weighted by Crippen LogP contribution is -2.18. The first-order valence-electron chi connectivity index (χ1n) is 8.36. The highest BCUT2D eigenvalue weighted by atomic mass is 32.2. The predicted molar refractivity (Wildman–Crippen MR) is 97.7 cm³/mol. The number of aryl methyl sites for hydroxylation is 2. The maximum Gasteiger partial charge on any atom is 0.296 e. The highest BCUT2D eigenvalue weighted by molar-refractivity contribution is 7.86. The molecule has 0 unspecified atom stereocenters. The van der Waals surface area contributed by atoms with Gasteiger partial charge >= 0.3 is 0 Å². The van der Waals surface area contributed by atoms with Crippen LogP contribution in [-0.4, -0.2) is 15.0 Å². The summed E-state index contributed by atoms with van der Waals surface area (Å²) in [5.41, 5.74) is 3.47. The predicted octanol–water partition coefficient (Wildman–Crippen LogP) is 4.84. The lowest BCUT2D eigenvalue weighted by molar-refractivity contribution is 0.239. The molecule has 3 nitrogen and oxygen atoms in total. The van der Waals surface area contributed by atoms with E-state index >= 15 is 0 Å². The summed E-state index contributed by atoms with van der Waals surface area (Å²) in [6.07, 6.45) is 0.943. The van der Waals surface area contributed by atoms with Crippen molar-refractivity contribution in [2.75, 3.05) is 6.61 Å². The van der Waals surface area contributed by atoms with E-state index in [0.29, 0.717) is 0 Å². The summed E-state index contributed by atoms with van der Waals surface area (Å²) in [5, 5.41) is 0. The molecule has 4 heteroatoms. The molecule has 0 aliphatic heterocycles. The van der Waals surface area contributed by atoms with Crippen LogP contribution in [0.3, 0.4) is 0 Å². The van der Waals surface area contributed by atoms with E-state index < -0.39 is 10.1 Å². The van der Waals surface area contributed by atoms with Gasteiger partial charge in [-0.1, -0.05) is 61.4 Å². The summed E-state index contributed by atoms with van der Waals surface area (Å²) in [6.45, 7) is 8.34. The molecule has 130 valence electrons. The summed E-state index contributed by atoms with van der Waals surface area (Å²) in [6, 6.07) is 15.1. The maximum absolute atomic E-state index is 12.3.